The molecule has 0 saturated heterocycles. The highest BCUT2D eigenvalue weighted by Crippen LogP contribution is 2.41. The van der Waals surface area contributed by atoms with Crippen molar-refractivity contribution in [1.82, 2.24) is 9.55 Å². The molecule has 1 unspecified atom stereocenters. The number of methoxy groups -OCH3 is 2. The first-order valence-corrected chi connectivity index (χ1v) is 10.7. The molecule has 0 fully saturated rings. The van der Waals surface area contributed by atoms with Crippen LogP contribution in [0.2, 0.25) is 0 Å². The zero-order valence-electron chi connectivity index (χ0n) is 18.9. The molecule has 1 atom stereocenters. The van der Waals surface area contributed by atoms with Crippen LogP contribution in [0.15, 0.2) is 78.0 Å². The largest absolute Gasteiger partial charge is 0.493 e. The Morgan fingerprint density at radius 3 is 2.50 bits per heavy atom. The molecule has 7 nitrogen and oxygen atoms in total. The summed E-state index contributed by atoms with van der Waals surface area (Å²) >= 11 is 0. The van der Waals surface area contributed by atoms with Gasteiger partial charge < -0.3 is 20.1 Å². The molecule has 0 saturated carbocycles. The number of benzene rings is 3. The second kappa shape index (κ2) is 8.55. The number of carbonyl (C=O) groups excluding carboxylic acids is 1. The van der Waals surface area contributed by atoms with Gasteiger partial charge in [0.25, 0.3) is 5.91 Å². The third-order valence-electron chi connectivity index (χ3n) is 5.90. The Labute approximate surface area is 195 Å². The summed E-state index contributed by atoms with van der Waals surface area (Å²) in [6, 6.07) is 18.5. The van der Waals surface area contributed by atoms with E-state index in [0.29, 0.717) is 34.4 Å². The molecule has 0 bridgehead atoms. The number of imidazole rings is 1. The van der Waals surface area contributed by atoms with Gasteiger partial charge in [0, 0.05) is 11.4 Å². The number of fused-ring (bicyclic) bond motifs is 3. The normalized spacial score (nSPS) is 15.0. The number of hydrogen-bond acceptors (Lipinski definition) is 5. The lowest BCUT2D eigenvalue weighted by molar-refractivity contribution is -0.113. The van der Waals surface area contributed by atoms with Crippen LogP contribution in [-0.4, -0.2) is 29.7 Å². The predicted molar refractivity (Wildman–Crippen MR) is 129 cm³/mol. The van der Waals surface area contributed by atoms with Gasteiger partial charge in [0.15, 0.2) is 11.5 Å². The lowest BCUT2D eigenvalue weighted by Gasteiger charge is -2.31. The molecular formula is C26H23FN4O3. The van der Waals surface area contributed by atoms with E-state index in [1.165, 1.54) is 24.3 Å². The zero-order valence-corrected chi connectivity index (χ0v) is 18.9. The second-order valence-corrected chi connectivity index (χ2v) is 7.94. The minimum absolute atomic E-state index is 0.306. The summed E-state index contributed by atoms with van der Waals surface area (Å²) in [6.07, 6.45) is 0. The molecule has 1 aliphatic heterocycles. The Kier molecular flexibility index (Phi) is 5.41. The quantitative estimate of drug-likeness (QED) is 0.434. The average Bonchev–Trinajstić information content (AvgIpc) is 3.21. The number of aromatic nitrogens is 2. The maximum atomic E-state index is 13.6. The number of nitrogens with zero attached hydrogens (tertiary/aromatic N) is 2. The first-order valence-electron chi connectivity index (χ1n) is 10.7. The number of halogens is 1. The molecule has 34 heavy (non-hydrogen) atoms. The van der Waals surface area contributed by atoms with Gasteiger partial charge in [-0.3, -0.25) is 9.36 Å². The van der Waals surface area contributed by atoms with E-state index in [2.05, 4.69) is 10.6 Å². The van der Waals surface area contributed by atoms with Crippen molar-refractivity contribution in [1.29, 1.82) is 0 Å². The summed E-state index contributed by atoms with van der Waals surface area (Å²) in [5.74, 6) is 1.11. The Morgan fingerprint density at radius 1 is 1.03 bits per heavy atom. The fourth-order valence-electron chi connectivity index (χ4n) is 4.33. The van der Waals surface area contributed by atoms with Crippen molar-refractivity contribution in [3.05, 3.63) is 89.4 Å². The average molecular weight is 458 g/mol. The number of para-hydroxylation sites is 2. The van der Waals surface area contributed by atoms with Gasteiger partial charge in [0.2, 0.25) is 5.95 Å². The van der Waals surface area contributed by atoms with Crippen LogP contribution in [-0.2, 0) is 4.79 Å². The first kappa shape index (κ1) is 21.5. The van der Waals surface area contributed by atoms with Crippen molar-refractivity contribution in [2.24, 2.45) is 0 Å². The van der Waals surface area contributed by atoms with Crippen LogP contribution in [0.3, 0.4) is 0 Å². The van der Waals surface area contributed by atoms with Crippen LogP contribution in [0.5, 0.6) is 11.5 Å². The van der Waals surface area contributed by atoms with Gasteiger partial charge in [-0.25, -0.2) is 9.37 Å². The Bertz CT molecular complexity index is 1430. The van der Waals surface area contributed by atoms with E-state index in [1.807, 2.05) is 54.0 Å². The van der Waals surface area contributed by atoms with E-state index in [1.54, 1.807) is 14.2 Å². The molecule has 5 rings (SSSR count). The van der Waals surface area contributed by atoms with Crippen LogP contribution in [0.1, 0.15) is 18.5 Å². The number of ether oxygens (including phenoxy) is 2. The molecule has 0 radical (unpaired) electrons. The van der Waals surface area contributed by atoms with Crippen molar-refractivity contribution in [3.8, 4) is 11.5 Å². The van der Waals surface area contributed by atoms with E-state index in [-0.39, 0.29) is 11.7 Å². The van der Waals surface area contributed by atoms with Crippen LogP contribution >= 0.6 is 0 Å². The fraction of sp³-hybridized carbons (Fsp3) is 0.154. The van der Waals surface area contributed by atoms with Crippen LogP contribution < -0.4 is 20.1 Å². The van der Waals surface area contributed by atoms with Gasteiger partial charge in [-0.15, -0.1) is 0 Å². The molecule has 1 aliphatic rings. The highest BCUT2D eigenvalue weighted by Gasteiger charge is 2.34. The zero-order chi connectivity index (χ0) is 23.8. The lowest BCUT2D eigenvalue weighted by Crippen LogP contribution is -2.31. The Morgan fingerprint density at radius 2 is 1.76 bits per heavy atom. The molecule has 4 aromatic rings. The highest BCUT2D eigenvalue weighted by molar-refractivity contribution is 6.06. The monoisotopic (exact) mass is 458 g/mol. The number of hydrogen-bond donors (Lipinski definition) is 2. The van der Waals surface area contributed by atoms with Gasteiger partial charge >= 0.3 is 0 Å². The Hall–Kier alpha value is -4.33. The number of carbonyl (C=O) groups is 1. The van der Waals surface area contributed by atoms with Crippen LogP contribution in [0.4, 0.5) is 16.0 Å². The molecule has 172 valence electrons. The minimum Gasteiger partial charge on any atom is -0.493 e. The highest BCUT2D eigenvalue weighted by atomic mass is 19.1. The van der Waals surface area contributed by atoms with E-state index in [9.17, 15) is 9.18 Å². The van der Waals surface area contributed by atoms with E-state index in [0.717, 1.165) is 16.6 Å². The summed E-state index contributed by atoms with van der Waals surface area (Å²) in [7, 11) is 3.15. The third kappa shape index (κ3) is 3.63. The van der Waals surface area contributed by atoms with Crippen molar-refractivity contribution >= 4 is 28.6 Å². The van der Waals surface area contributed by atoms with Crippen LogP contribution in [0, 0.1) is 5.82 Å². The number of anilines is 2. The third-order valence-corrected chi connectivity index (χ3v) is 5.90. The molecule has 2 N–H and O–H groups in total. The van der Waals surface area contributed by atoms with Gasteiger partial charge in [-0.2, -0.15) is 0 Å². The summed E-state index contributed by atoms with van der Waals surface area (Å²) in [5.41, 5.74) is 4.19. The molecular weight excluding hydrogens is 435 g/mol. The molecule has 0 aliphatic carbocycles. The summed E-state index contributed by atoms with van der Waals surface area (Å²) in [5, 5.41) is 6.18. The number of rotatable bonds is 5. The van der Waals surface area contributed by atoms with E-state index in [4.69, 9.17) is 14.5 Å². The number of amides is 1. The van der Waals surface area contributed by atoms with Crippen molar-refractivity contribution < 1.29 is 18.7 Å². The summed E-state index contributed by atoms with van der Waals surface area (Å²) < 4.78 is 26.3. The molecule has 1 amide bonds. The smallest absolute Gasteiger partial charge is 0.255 e. The standard InChI is InChI=1S/C26H23FN4O3/c1-15-23(25(32)29-18-11-9-17(27)10-12-18)24(16-8-13-21(33-2)22(14-16)34-3)31-20-7-5-4-6-19(20)30-26(31)28-15/h4-14,24H,1-3H3,(H,28,30)(H,29,32). The topological polar surface area (TPSA) is 77.4 Å². The second-order valence-electron chi connectivity index (χ2n) is 7.94. The summed E-state index contributed by atoms with van der Waals surface area (Å²) in [6.45, 7) is 1.84. The lowest BCUT2D eigenvalue weighted by atomic mass is 9.94. The van der Waals surface area contributed by atoms with Crippen molar-refractivity contribution in [3.63, 3.8) is 0 Å². The maximum Gasteiger partial charge on any atom is 0.255 e. The minimum atomic E-state index is -0.496. The van der Waals surface area contributed by atoms with Gasteiger partial charge in [0.1, 0.15) is 5.82 Å². The maximum absolute atomic E-state index is 13.6. The predicted octanol–water partition coefficient (Wildman–Crippen LogP) is 5.12. The molecule has 1 aromatic heterocycles. The fourth-order valence-corrected chi connectivity index (χ4v) is 4.33. The molecule has 8 heteroatoms. The summed E-state index contributed by atoms with van der Waals surface area (Å²) in [4.78, 5) is 18.3. The van der Waals surface area contributed by atoms with E-state index < -0.39 is 6.04 Å². The van der Waals surface area contributed by atoms with Crippen molar-refractivity contribution in [2.75, 3.05) is 24.9 Å². The first-order chi connectivity index (χ1) is 16.5. The molecule has 2 heterocycles. The van der Waals surface area contributed by atoms with Crippen LogP contribution in [0.25, 0.3) is 11.0 Å². The van der Waals surface area contributed by atoms with Gasteiger partial charge in [0.05, 0.1) is 36.9 Å². The van der Waals surface area contributed by atoms with Gasteiger partial charge in [-0.05, 0) is 61.0 Å². The molecule has 3 aromatic carbocycles. The molecule has 0 spiro atoms. The number of nitrogens with one attached hydrogen (secondary N) is 2. The van der Waals surface area contributed by atoms with Gasteiger partial charge in [-0.1, -0.05) is 18.2 Å². The van der Waals surface area contributed by atoms with Crippen molar-refractivity contribution in [2.45, 2.75) is 13.0 Å². The Balaban J connectivity index is 1.67. The SMILES string of the molecule is COc1ccc(C2C(C(=O)Nc3ccc(F)cc3)=C(C)Nc3nc4ccccc4n32)cc1OC. The number of allylic oxidation sites excluding steroid dienone is 1. The van der Waals surface area contributed by atoms with E-state index >= 15 is 0 Å².